The molecule has 0 saturated heterocycles. The highest BCUT2D eigenvalue weighted by atomic mass is 14.6. The van der Waals surface area contributed by atoms with Gasteiger partial charge in [0, 0.05) is 6.04 Å². The van der Waals surface area contributed by atoms with Crippen molar-refractivity contribution in [2.45, 2.75) is 18.9 Å². The first kappa shape index (κ1) is 5.93. The highest BCUT2D eigenvalue weighted by Gasteiger charge is 2.17. The van der Waals surface area contributed by atoms with E-state index < -0.39 is 0 Å². The summed E-state index contributed by atoms with van der Waals surface area (Å²) in [5.41, 5.74) is 10.2. The van der Waals surface area contributed by atoms with E-state index in [1.807, 2.05) is 6.07 Å². The first-order chi connectivity index (χ1) is 4.88. The second kappa shape index (κ2) is 2.10. The molecule has 0 spiro atoms. The highest BCUT2D eigenvalue weighted by Crippen LogP contribution is 2.29. The predicted octanol–water partition coefficient (Wildman–Crippen LogP) is 1.96. The average molecular weight is 132 g/mol. The van der Waals surface area contributed by atoms with Gasteiger partial charge in [-0.2, -0.15) is 0 Å². The SMILES string of the molecule is [NH]C1CCc2ccccc21. The number of nitrogens with one attached hydrogen (secondary N) is 1. The Morgan fingerprint density at radius 3 is 2.90 bits per heavy atom. The van der Waals surface area contributed by atoms with Crippen molar-refractivity contribution in [3.05, 3.63) is 35.4 Å². The maximum absolute atomic E-state index is 7.61. The summed E-state index contributed by atoms with van der Waals surface area (Å²) in [5, 5.41) is 0. The molecule has 1 radical (unpaired) electrons. The smallest absolute Gasteiger partial charge is 0.0468 e. The van der Waals surface area contributed by atoms with Crippen LogP contribution in [-0.4, -0.2) is 0 Å². The topological polar surface area (TPSA) is 23.8 Å². The van der Waals surface area contributed by atoms with Gasteiger partial charge in [0.15, 0.2) is 0 Å². The van der Waals surface area contributed by atoms with E-state index in [0.717, 1.165) is 12.8 Å². The summed E-state index contributed by atoms with van der Waals surface area (Å²) in [6.45, 7) is 0. The lowest BCUT2D eigenvalue weighted by atomic mass is 10.1. The number of hydrogen-bond donors (Lipinski definition) is 0. The van der Waals surface area contributed by atoms with E-state index in [-0.39, 0.29) is 6.04 Å². The zero-order chi connectivity index (χ0) is 6.97. The molecule has 1 unspecified atom stereocenters. The maximum atomic E-state index is 7.61. The second-order valence-corrected chi connectivity index (χ2v) is 2.79. The van der Waals surface area contributed by atoms with E-state index in [1.54, 1.807) is 0 Å². The van der Waals surface area contributed by atoms with Crippen LogP contribution in [0.1, 0.15) is 23.6 Å². The minimum absolute atomic E-state index is 0.0520. The lowest BCUT2D eigenvalue weighted by Crippen LogP contribution is -1.91. The van der Waals surface area contributed by atoms with Crippen molar-refractivity contribution in [3.8, 4) is 0 Å². The van der Waals surface area contributed by atoms with E-state index in [0.29, 0.717) is 0 Å². The van der Waals surface area contributed by atoms with E-state index in [2.05, 4.69) is 18.2 Å². The molecule has 0 heterocycles. The van der Waals surface area contributed by atoms with Gasteiger partial charge in [-0.3, -0.25) is 0 Å². The van der Waals surface area contributed by atoms with Crippen molar-refractivity contribution in [1.82, 2.24) is 5.73 Å². The summed E-state index contributed by atoms with van der Waals surface area (Å²) in [6.07, 6.45) is 2.11. The third-order valence-electron chi connectivity index (χ3n) is 2.13. The maximum Gasteiger partial charge on any atom is 0.0468 e. The standard InChI is InChI=1S/C9H10N/c10-9-6-5-7-3-1-2-4-8(7)9/h1-4,9-10H,5-6H2. The van der Waals surface area contributed by atoms with Crippen LogP contribution >= 0.6 is 0 Å². The summed E-state index contributed by atoms with van der Waals surface area (Å²) < 4.78 is 0. The van der Waals surface area contributed by atoms with Gasteiger partial charge in [0.1, 0.15) is 0 Å². The zero-order valence-corrected chi connectivity index (χ0v) is 5.80. The summed E-state index contributed by atoms with van der Waals surface area (Å²) >= 11 is 0. The summed E-state index contributed by atoms with van der Waals surface area (Å²) in [5.74, 6) is 0. The molecule has 1 N–H and O–H groups in total. The molecule has 10 heavy (non-hydrogen) atoms. The van der Waals surface area contributed by atoms with Crippen LogP contribution in [0.25, 0.3) is 0 Å². The molecule has 0 aliphatic heterocycles. The molecule has 1 nitrogen and oxygen atoms in total. The molecule has 1 aromatic carbocycles. The van der Waals surface area contributed by atoms with Gasteiger partial charge in [-0.25, -0.2) is 5.73 Å². The van der Waals surface area contributed by atoms with Gasteiger partial charge in [-0.05, 0) is 24.0 Å². The van der Waals surface area contributed by atoms with E-state index >= 15 is 0 Å². The van der Waals surface area contributed by atoms with Gasteiger partial charge in [0.2, 0.25) is 0 Å². The average Bonchev–Trinajstić information content (AvgIpc) is 2.34. The molecule has 2 rings (SSSR count). The van der Waals surface area contributed by atoms with Crippen molar-refractivity contribution in [2.24, 2.45) is 0 Å². The Bertz CT molecular complexity index is 242. The predicted molar refractivity (Wildman–Crippen MR) is 40.6 cm³/mol. The molecule has 1 aliphatic carbocycles. The van der Waals surface area contributed by atoms with Crippen molar-refractivity contribution in [1.29, 1.82) is 0 Å². The molecule has 51 valence electrons. The zero-order valence-electron chi connectivity index (χ0n) is 5.80. The molecule has 0 saturated carbocycles. The fourth-order valence-electron chi connectivity index (χ4n) is 1.56. The Morgan fingerprint density at radius 1 is 1.30 bits per heavy atom. The van der Waals surface area contributed by atoms with Gasteiger partial charge in [0.05, 0.1) is 0 Å². The first-order valence-corrected chi connectivity index (χ1v) is 3.67. The highest BCUT2D eigenvalue weighted by molar-refractivity contribution is 5.33. The Balaban J connectivity index is 2.51. The van der Waals surface area contributed by atoms with Gasteiger partial charge < -0.3 is 0 Å². The Kier molecular flexibility index (Phi) is 1.24. The summed E-state index contributed by atoms with van der Waals surface area (Å²) in [7, 11) is 0. The van der Waals surface area contributed by atoms with Crippen LogP contribution in [0, 0.1) is 0 Å². The minimum Gasteiger partial charge on any atom is -0.250 e. The Hall–Kier alpha value is -0.820. The summed E-state index contributed by atoms with van der Waals surface area (Å²) in [4.78, 5) is 0. The first-order valence-electron chi connectivity index (χ1n) is 3.67. The molecule has 0 fully saturated rings. The van der Waals surface area contributed by atoms with Gasteiger partial charge in [0.25, 0.3) is 0 Å². The van der Waals surface area contributed by atoms with Crippen molar-refractivity contribution in [3.63, 3.8) is 0 Å². The fraction of sp³-hybridized carbons (Fsp3) is 0.333. The number of fused-ring (bicyclic) bond motifs is 1. The minimum atomic E-state index is 0.0520. The quantitative estimate of drug-likeness (QED) is 0.515. The normalized spacial score (nSPS) is 22.7. The van der Waals surface area contributed by atoms with E-state index in [9.17, 15) is 0 Å². The number of hydrogen-bond acceptors (Lipinski definition) is 0. The van der Waals surface area contributed by atoms with Crippen LogP contribution in [0.3, 0.4) is 0 Å². The third-order valence-corrected chi connectivity index (χ3v) is 2.13. The van der Waals surface area contributed by atoms with E-state index in [1.165, 1.54) is 11.1 Å². The molecule has 1 heteroatoms. The molecule has 0 amide bonds. The Morgan fingerprint density at radius 2 is 2.10 bits per heavy atom. The van der Waals surface area contributed by atoms with Crippen molar-refractivity contribution >= 4 is 0 Å². The molecular formula is C9H10N. The van der Waals surface area contributed by atoms with Crippen LogP contribution < -0.4 is 5.73 Å². The second-order valence-electron chi connectivity index (χ2n) is 2.79. The van der Waals surface area contributed by atoms with Gasteiger partial charge in [-0.1, -0.05) is 24.3 Å². The van der Waals surface area contributed by atoms with Crippen LogP contribution in [0.2, 0.25) is 0 Å². The van der Waals surface area contributed by atoms with Crippen LogP contribution in [-0.2, 0) is 6.42 Å². The van der Waals surface area contributed by atoms with Gasteiger partial charge >= 0.3 is 0 Å². The van der Waals surface area contributed by atoms with Crippen LogP contribution in [0.5, 0.6) is 0 Å². The summed E-state index contributed by atoms with van der Waals surface area (Å²) in [6, 6.07) is 8.32. The third kappa shape index (κ3) is 0.745. The van der Waals surface area contributed by atoms with Crippen LogP contribution in [0.15, 0.2) is 24.3 Å². The Labute approximate surface area is 60.9 Å². The molecule has 0 aromatic heterocycles. The molecule has 1 atom stereocenters. The van der Waals surface area contributed by atoms with Gasteiger partial charge in [-0.15, -0.1) is 0 Å². The van der Waals surface area contributed by atoms with Crippen molar-refractivity contribution in [2.75, 3.05) is 0 Å². The molecule has 1 aliphatic rings. The fourth-order valence-corrected chi connectivity index (χ4v) is 1.56. The van der Waals surface area contributed by atoms with E-state index in [4.69, 9.17) is 5.73 Å². The number of rotatable bonds is 0. The lowest BCUT2D eigenvalue weighted by molar-refractivity contribution is 0.691. The molecule has 0 bridgehead atoms. The van der Waals surface area contributed by atoms with Crippen LogP contribution in [0.4, 0.5) is 0 Å². The molecule has 1 aromatic rings. The largest absolute Gasteiger partial charge is 0.250 e. The monoisotopic (exact) mass is 132 g/mol. The lowest BCUT2D eigenvalue weighted by Gasteiger charge is -2.00. The molecular weight excluding hydrogens is 122 g/mol. The van der Waals surface area contributed by atoms with Crippen molar-refractivity contribution < 1.29 is 0 Å². The number of aryl methyl sites for hydroxylation is 1. The number of benzene rings is 1.